The number of halogens is 1. The molecule has 1 atom stereocenters. The Balaban J connectivity index is 1.55. The van der Waals surface area contributed by atoms with Crippen LogP contribution in [0.25, 0.3) is 0 Å². The van der Waals surface area contributed by atoms with E-state index in [4.69, 9.17) is 0 Å². The number of piperidine rings is 1. The van der Waals surface area contributed by atoms with Crippen molar-refractivity contribution in [2.45, 2.75) is 38.8 Å². The summed E-state index contributed by atoms with van der Waals surface area (Å²) in [6, 6.07) is 9.66. The summed E-state index contributed by atoms with van der Waals surface area (Å²) < 4.78 is 13.1. The molecule has 0 saturated carbocycles. The molecule has 1 aliphatic rings. The molecule has 0 unspecified atom stereocenters. The van der Waals surface area contributed by atoms with E-state index in [0.717, 1.165) is 0 Å². The average Bonchev–Trinajstić information content (AvgIpc) is 2.78. The zero-order chi connectivity index (χ0) is 22.4. The molecular weight excluding hydrogens is 399 g/mol. The highest BCUT2D eigenvalue weighted by Gasteiger charge is 2.32. The third-order valence-corrected chi connectivity index (χ3v) is 5.37. The molecule has 1 fully saturated rings. The van der Waals surface area contributed by atoms with E-state index in [-0.39, 0.29) is 23.8 Å². The summed E-state index contributed by atoms with van der Waals surface area (Å²) >= 11 is 0. The first-order chi connectivity index (χ1) is 14.8. The standard InChI is InChI=1S/C23H27FN4O3/c1-15(2)20(27-21(29)16-6-8-17(24)9-7-16)23(31)28-13-10-18(11-14-28)26-22(30)19-5-3-4-12-25-19/h3-9,12,15,18,20H,10-11,13-14H2,1-2H3,(H,26,30)(H,27,29)/t20-/m1/s1. The van der Waals surface area contributed by atoms with Crippen molar-refractivity contribution in [1.29, 1.82) is 0 Å². The number of benzene rings is 1. The van der Waals surface area contributed by atoms with E-state index in [2.05, 4.69) is 15.6 Å². The lowest BCUT2D eigenvalue weighted by atomic mass is 9.99. The second-order valence-electron chi connectivity index (χ2n) is 7.99. The molecule has 1 aromatic carbocycles. The predicted molar refractivity (Wildman–Crippen MR) is 114 cm³/mol. The van der Waals surface area contributed by atoms with Crippen LogP contribution >= 0.6 is 0 Å². The molecule has 0 spiro atoms. The van der Waals surface area contributed by atoms with Crippen molar-refractivity contribution < 1.29 is 18.8 Å². The van der Waals surface area contributed by atoms with Gasteiger partial charge in [0, 0.05) is 30.9 Å². The van der Waals surface area contributed by atoms with Crippen molar-refractivity contribution >= 4 is 17.7 Å². The van der Waals surface area contributed by atoms with Crippen molar-refractivity contribution in [3.05, 3.63) is 65.7 Å². The van der Waals surface area contributed by atoms with Crippen LogP contribution in [-0.2, 0) is 4.79 Å². The van der Waals surface area contributed by atoms with Crippen LogP contribution < -0.4 is 10.6 Å². The summed E-state index contributed by atoms with van der Waals surface area (Å²) in [6.07, 6.45) is 2.82. The fraction of sp³-hybridized carbons (Fsp3) is 0.391. The van der Waals surface area contributed by atoms with Crippen LogP contribution in [0.1, 0.15) is 47.5 Å². The maximum atomic E-state index is 13.1. The lowest BCUT2D eigenvalue weighted by Crippen LogP contribution is -2.54. The fourth-order valence-electron chi connectivity index (χ4n) is 3.54. The molecule has 2 N–H and O–H groups in total. The van der Waals surface area contributed by atoms with Crippen molar-refractivity contribution in [2.75, 3.05) is 13.1 Å². The number of nitrogens with one attached hydrogen (secondary N) is 2. The highest BCUT2D eigenvalue weighted by molar-refractivity contribution is 5.97. The Labute approximate surface area is 181 Å². The molecule has 1 aliphatic heterocycles. The fourth-order valence-corrected chi connectivity index (χ4v) is 3.54. The van der Waals surface area contributed by atoms with Gasteiger partial charge in [-0.05, 0) is 55.2 Å². The Kier molecular flexibility index (Phi) is 7.33. The van der Waals surface area contributed by atoms with Crippen molar-refractivity contribution in [2.24, 2.45) is 5.92 Å². The van der Waals surface area contributed by atoms with E-state index in [1.54, 1.807) is 29.3 Å². The van der Waals surface area contributed by atoms with Crippen LogP contribution in [-0.4, -0.2) is 52.8 Å². The Morgan fingerprint density at radius 3 is 2.29 bits per heavy atom. The summed E-state index contributed by atoms with van der Waals surface area (Å²) in [6.45, 7) is 4.71. The van der Waals surface area contributed by atoms with Crippen LogP contribution in [0.5, 0.6) is 0 Å². The number of hydrogen-bond acceptors (Lipinski definition) is 4. The van der Waals surface area contributed by atoms with Gasteiger partial charge in [0.1, 0.15) is 17.6 Å². The lowest BCUT2D eigenvalue weighted by molar-refractivity contribution is -0.135. The van der Waals surface area contributed by atoms with Gasteiger partial charge in [-0.25, -0.2) is 4.39 Å². The highest BCUT2D eigenvalue weighted by Crippen LogP contribution is 2.15. The maximum absolute atomic E-state index is 13.1. The quantitative estimate of drug-likeness (QED) is 0.742. The molecule has 31 heavy (non-hydrogen) atoms. The number of amides is 3. The summed E-state index contributed by atoms with van der Waals surface area (Å²) in [4.78, 5) is 43.6. The topological polar surface area (TPSA) is 91.4 Å². The number of likely N-dealkylation sites (tertiary alicyclic amines) is 1. The third kappa shape index (κ3) is 5.87. The Bertz CT molecular complexity index is 910. The minimum Gasteiger partial charge on any atom is -0.348 e. The van der Waals surface area contributed by atoms with E-state index in [1.807, 2.05) is 13.8 Å². The van der Waals surface area contributed by atoms with Gasteiger partial charge in [-0.1, -0.05) is 19.9 Å². The van der Waals surface area contributed by atoms with Gasteiger partial charge in [-0.15, -0.1) is 0 Å². The number of hydrogen-bond donors (Lipinski definition) is 2. The number of pyridine rings is 1. The van der Waals surface area contributed by atoms with Gasteiger partial charge in [0.05, 0.1) is 0 Å². The predicted octanol–water partition coefficient (Wildman–Crippen LogP) is 2.40. The first-order valence-corrected chi connectivity index (χ1v) is 10.4. The van der Waals surface area contributed by atoms with Gasteiger partial charge in [0.2, 0.25) is 5.91 Å². The zero-order valence-corrected chi connectivity index (χ0v) is 17.7. The van der Waals surface area contributed by atoms with Gasteiger partial charge in [0.15, 0.2) is 0 Å². The number of carbonyl (C=O) groups excluding carboxylic acids is 3. The van der Waals surface area contributed by atoms with E-state index in [1.165, 1.54) is 24.3 Å². The van der Waals surface area contributed by atoms with Crippen LogP contribution in [0.4, 0.5) is 4.39 Å². The largest absolute Gasteiger partial charge is 0.348 e. The number of rotatable bonds is 6. The molecule has 1 saturated heterocycles. The summed E-state index contributed by atoms with van der Waals surface area (Å²) in [5, 5.41) is 5.75. The number of nitrogens with zero attached hydrogens (tertiary/aromatic N) is 2. The lowest BCUT2D eigenvalue weighted by Gasteiger charge is -2.35. The van der Waals surface area contributed by atoms with E-state index < -0.39 is 17.8 Å². The minimum absolute atomic E-state index is 0.0372. The van der Waals surface area contributed by atoms with Crippen molar-refractivity contribution in [3.8, 4) is 0 Å². The van der Waals surface area contributed by atoms with Crippen molar-refractivity contribution in [1.82, 2.24) is 20.5 Å². The van der Waals surface area contributed by atoms with Crippen LogP contribution in [0, 0.1) is 11.7 Å². The van der Waals surface area contributed by atoms with Crippen LogP contribution in [0.3, 0.4) is 0 Å². The first kappa shape index (κ1) is 22.4. The molecule has 3 rings (SSSR count). The molecule has 2 aromatic rings. The Morgan fingerprint density at radius 2 is 1.71 bits per heavy atom. The SMILES string of the molecule is CC(C)[C@@H](NC(=O)c1ccc(F)cc1)C(=O)N1CCC(NC(=O)c2ccccn2)CC1. The molecule has 0 aliphatic carbocycles. The van der Waals surface area contributed by atoms with Gasteiger partial charge in [-0.2, -0.15) is 0 Å². The molecule has 164 valence electrons. The van der Waals surface area contributed by atoms with E-state index >= 15 is 0 Å². The zero-order valence-electron chi connectivity index (χ0n) is 17.7. The van der Waals surface area contributed by atoms with Gasteiger partial charge < -0.3 is 15.5 Å². The molecule has 3 amide bonds. The Hall–Kier alpha value is -3.29. The normalized spacial score (nSPS) is 15.4. The molecule has 0 radical (unpaired) electrons. The molecule has 0 bridgehead atoms. The van der Waals surface area contributed by atoms with Gasteiger partial charge >= 0.3 is 0 Å². The van der Waals surface area contributed by atoms with Crippen LogP contribution in [0.15, 0.2) is 48.7 Å². The van der Waals surface area contributed by atoms with Crippen molar-refractivity contribution in [3.63, 3.8) is 0 Å². The highest BCUT2D eigenvalue weighted by atomic mass is 19.1. The number of carbonyl (C=O) groups is 3. The average molecular weight is 426 g/mol. The monoisotopic (exact) mass is 426 g/mol. The van der Waals surface area contributed by atoms with Gasteiger partial charge in [-0.3, -0.25) is 19.4 Å². The molecule has 1 aromatic heterocycles. The molecule has 2 heterocycles. The summed E-state index contributed by atoms with van der Waals surface area (Å²) in [5.74, 6) is -1.33. The second-order valence-corrected chi connectivity index (χ2v) is 7.99. The maximum Gasteiger partial charge on any atom is 0.270 e. The van der Waals surface area contributed by atoms with Crippen LogP contribution in [0.2, 0.25) is 0 Å². The third-order valence-electron chi connectivity index (χ3n) is 5.37. The molecule has 8 heteroatoms. The molecule has 7 nitrogen and oxygen atoms in total. The summed E-state index contributed by atoms with van der Waals surface area (Å²) in [7, 11) is 0. The van der Waals surface area contributed by atoms with E-state index in [0.29, 0.717) is 37.2 Å². The Morgan fingerprint density at radius 1 is 1.03 bits per heavy atom. The smallest absolute Gasteiger partial charge is 0.270 e. The minimum atomic E-state index is -0.683. The molecular formula is C23H27FN4O3. The first-order valence-electron chi connectivity index (χ1n) is 10.4. The van der Waals surface area contributed by atoms with E-state index in [9.17, 15) is 18.8 Å². The number of aromatic nitrogens is 1. The summed E-state index contributed by atoms with van der Waals surface area (Å²) in [5.41, 5.74) is 0.667. The second kappa shape index (κ2) is 10.1. The van der Waals surface area contributed by atoms with Gasteiger partial charge in [0.25, 0.3) is 11.8 Å².